The summed E-state index contributed by atoms with van der Waals surface area (Å²) in [4.78, 5) is 0. The molecule has 3 heteroatoms. The van der Waals surface area contributed by atoms with Gasteiger partial charge in [0.15, 0.2) is 0 Å². The van der Waals surface area contributed by atoms with Crippen molar-refractivity contribution in [3.8, 4) is 0 Å². The third kappa shape index (κ3) is 2.35. The van der Waals surface area contributed by atoms with Gasteiger partial charge in [-0.05, 0) is 49.3 Å². The first kappa shape index (κ1) is 11.2. The van der Waals surface area contributed by atoms with Crippen LogP contribution in [0.25, 0.3) is 0 Å². The average molecular weight is 235 g/mol. The molecule has 0 bridgehead atoms. The van der Waals surface area contributed by atoms with Crippen molar-refractivity contribution in [1.82, 2.24) is 5.32 Å². The number of aliphatic hydroxyl groups excluding tert-OH is 1. The molecular weight excluding hydrogens is 217 g/mol. The fraction of sp³-hybridized carbons (Fsp3) is 0.571. The molecule has 0 aromatic heterocycles. The summed E-state index contributed by atoms with van der Waals surface area (Å²) in [6.07, 6.45) is 3.99. The Morgan fingerprint density at radius 3 is 2.18 bits per heavy atom. The van der Waals surface area contributed by atoms with Crippen molar-refractivity contribution in [2.24, 2.45) is 0 Å². The van der Waals surface area contributed by atoms with Gasteiger partial charge in [-0.15, -0.1) is 0 Å². The molecule has 1 aromatic rings. The first-order chi connectivity index (χ1) is 8.20. The number of rotatable bonds is 3. The van der Waals surface area contributed by atoms with E-state index in [4.69, 9.17) is 0 Å². The predicted octanol–water partition coefficient (Wildman–Crippen LogP) is 2.18. The Bertz CT molecular complexity index is 380. The Balaban J connectivity index is 1.46. The van der Waals surface area contributed by atoms with E-state index < -0.39 is 0 Å². The second-order valence-corrected chi connectivity index (χ2v) is 5.41. The molecule has 0 radical (unpaired) electrons. The maximum absolute atomic E-state index is 12.8. The van der Waals surface area contributed by atoms with Crippen LogP contribution in [0.5, 0.6) is 0 Å². The van der Waals surface area contributed by atoms with Crippen LogP contribution in [0.4, 0.5) is 4.39 Å². The first-order valence-electron chi connectivity index (χ1n) is 6.40. The number of benzene rings is 1. The molecule has 2 N–H and O–H groups in total. The van der Waals surface area contributed by atoms with Crippen LogP contribution in [0.2, 0.25) is 0 Å². The minimum absolute atomic E-state index is 0.0829. The lowest BCUT2D eigenvalue weighted by atomic mass is 9.74. The van der Waals surface area contributed by atoms with E-state index in [0.29, 0.717) is 18.0 Å². The van der Waals surface area contributed by atoms with Gasteiger partial charge in [0, 0.05) is 12.1 Å². The highest BCUT2D eigenvalue weighted by molar-refractivity contribution is 5.23. The van der Waals surface area contributed by atoms with Crippen molar-refractivity contribution >= 4 is 0 Å². The summed E-state index contributed by atoms with van der Waals surface area (Å²) in [5.41, 5.74) is 1.25. The molecule has 2 aliphatic rings. The summed E-state index contributed by atoms with van der Waals surface area (Å²) in [5, 5.41) is 12.8. The van der Waals surface area contributed by atoms with Crippen molar-refractivity contribution in [3.63, 3.8) is 0 Å². The van der Waals surface area contributed by atoms with Gasteiger partial charge in [0.05, 0.1) is 6.10 Å². The second kappa shape index (κ2) is 4.39. The maximum Gasteiger partial charge on any atom is 0.123 e. The average Bonchev–Trinajstić information content (AvgIpc) is 2.21. The van der Waals surface area contributed by atoms with Crippen LogP contribution < -0.4 is 5.32 Å². The molecule has 92 valence electrons. The van der Waals surface area contributed by atoms with Crippen molar-refractivity contribution in [2.45, 2.75) is 49.8 Å². The molecule has 2 nitrogen and oxygen atoms in total. The van der Waals surface area contributed by atoms with E-state index in [2.05, 4.69) is 5.32 Å². The topological polar surface area (TPSA) is 32.3 Å². The van der Waals surface area contributed by atoms with Gasteiger partial charge in [0.25, 0.3) is 0 Å². The SMILES string of the molecule is OC1CC(NC2CC(c3ccc(F)cc3)C2)C1. The Morgan fingerprint density at radius 2 is 1.59 bits per heavy atom. The van der Waals surface area contributed by atoms with Crippen LogP contribution in [-0.2, 0) is 0 Å². The Hall–Kier alpha value is -0.930. The molecule has 0 saturated heterocycles. The van der Waals surface area contributed by atoms with E-state index in [-0.39, 0.29) is 11.9 Å². The van der Waals surface area contributed by atoms with Crippen molar-refractivity contribution in [2.75, 3.05) is 0 Å². The molecule has 2 fully saturated rings. The summed E-state index contributed by atoms with van der Waals surface area (Å²) in [5.74, 6) is 0.421. The van der Waals surface area contributed by atoms with E-state index in [0.717, 1.165) is 25.7 Å². The second-order valence-electron chi connectivity index (χ2n) is 5.41. The Morgan fingerprint density at radius 1 is 1.00 bits per heavy atom. The van der Waals surface area contributed by atoms with Crippen LogP contribution in [0.15, 0.2) is 24.3 Å². The summed E-state index contributed by atoms with van der Waals surface area (Å²) in [6, 6.07) is 7.97. The van der Waals surface area contributed by atoms with E-state index in [1.165, 1.54) is 5.56 Å². The third-order valence-corrected chi connectivity index (χ3v) is 4.06. The van der Waals surface area contributed by atoms with Gasteiger partial charge in [-0.1, -0.05) is 12.1 Å². The normalized spacial score (nSPS) is 36.1. The molecule has 1 aromatic carbocycles. The zero-order chi connectivity index (χ0) is 11.8. The van der Waals surface area contributed by atoms with Gasteiger partial charge in [-0.3, -0.25) is 0 Å². The van der Waals surface area contributed by atoms with Crippen LogP contribution in [0.3, 0.4) is 0 Å². The van der Waals surface area contributed by atoms with Gasteiger partial charge in [0.1, 0.15) is 5.82 Å². The van der Waals surface area contributed by atoms with E-state index in [9.17, 15) is 9.50 Å². The van der Waals surface area contributed by atoms with Crippen molar-refractivity contribution in [1.29, 1.82) is 0 Å². The number of hydrogen-bond donors (Lipinski definition) is 2. The van der Waals surface area contributed by atoms with Gasteiger partial charge >= 0.3 is 0 Å². The van der Waals surface area contributed by atoms with E-state index in [1.54, 1.807) is 12.1 Å². The molecule has 0 atom stereocenters. The molecule has 0 amide bonds. The summed E-state index contributed by atoms with van der Waals surface area (Å²) in [6.45, 7) is 0. The standard InChI is InChI=1S/C14H18FNO/c15-11-3-1-9(2-4-11)10-5-12(6-10)16-13-7-14(17)8-13/h1-4,10,12-14,16-17H,5-8H2. The molecule has 3 rings (SSSR count). The zero-order valence-electron chi connectivity index (χ0n) is 9.77. The minimum atomic E-state index is -0.161. The largest absolute Gasteiger partial charge is 0.393 e. The molecule has 0 spiro atoms. The molecule has 0 aliphatic heterocycles. The van der Waals surface area contributed by atoms with Crippen LogP contribution in [0, 0.1) is 5.82 Å². The Kier molecular flexibility index (Phi) is 2.89. The highest BCUT2D eigenvalue weighted by Crippen LogP contribution is 2.38. The number of aliphatic hydroxyl groups is 1. The molecule has 2 saturated carbocycles. The molecule has 0 heterocycles. The molecular formula is C14H18FNO. The number of nitrogens with one attached hydrogen (secondary N) is 1. The quantitative estimate of drug-likeness (QED) is 0.841. The number of halogens is 1. The molecule has 2 aliphatic carbocycles. The van der Waals surface area contributed by atoms with E-state index in [1.807, 2.05) is 12.1 Å². The van der Waals surface area contributed by atoms with Crippen LogP contribution in [-0.4, -0.2) is 23.3 Å². The Labute approximate surface area is 101 Å². The highest BCUT2D eigenvalue weighted by atomic mass is 19.1. The summed E-state index contributed by atoms with van der Waals surface area (Å²) < 4.78 is 12.8. The minimum Gasteiger partial charge on any atom is -0.393 e. The first-order valence-corrected chi connectivity index (χ1v) is 6.40. The van der Waals surface area contributed by atoms with Crippen molar-refractivity contribution < 1.29 is 9.50 Å². The highest BCUT2D eigenvalue weighted by Gasteiger charge is 2.35. The third-order valence-electron chi connectivity index (χ3n) is 4.06. The van der Waals surface area contributed by atoms with Crippen molar-refractivity contribution in [3.05, 3.63) is 35.6 Å². The lowest BCUT2D eigenvalue weighted by Crippen LogP contribution is -2.52. The van der Waals surface area contributed by atoms with Gasteiger partial charge in [0.2, 0.25) is 0 Å². The predicted molar refractivity (Wildman–Crippen MR) is 64.3 cm³/mol. The fourth-order valence-corrected chi connectivity index (χ4v) is 2.82. The zero-order valence-corrected chi connectivity index (χ0v) is 9.77. The fourth-order valence-electron chi connectivity index (χ4n) is 2.82. The van der Waals surface area contributed by atoms with Crippen LogP contribution in [0.1, 0.15) is 37.2 Å². The number of hydrogen-bond acceptors (Lipinski definition) is 2. The van der Waals surface area contributed by atoms with E-state index >= 15 is 0 Å². The monoisotopic (exact) mass is 235 g/mol. The van der Waals surface area contributed by atoms with Gasteiger partial charge in [-0.25, -0.2) is 4.39 Å². The maximum atomic E-state index is 12.8. The lowest BCUT2D eigenvalue weighted by molar-refractivity contribution is 0.0506. The van der Waals surface area contributed by atoms with Crippen LogP contribution >= 0.6 is 0 Å². The molecule has 0 unspecified atom stereocenters. The summed E-state index contributed by atoms with van der Waals surface area (Å²) >= 11 is 0. The van der Waals surface area contributed by atoms with Gasteiger partial charge < -0.3 is 10.4 Å². The summed E-state index contributed by atoms with van der Waals surface area (Å²) in [7, 11) is 0. The van der Waals surface area contributed by atoms with Gasteiger partial charge in [-0.2, -0.15) is 0 Å². The lowest BCUT2D eigenvalue weighted by Gasteiger charge is -2.42. The molecule has 17 heavy (non-hydrogen) atoms. The smallest absolute Gasteiger partial charge is 0.123 e.